The van der Waals surface area contributed by atoms with Crippen LogP contribution in [0.15, 0.2) is 83.2 Å². The van der Waals surface area contributed by atoms with Gasteiger partial charge in [0, 0.05) is 22.8 Å². The summed E-state index contributed by atoms with van der Waals surface area (Å²) in [5.41, 5.74) is 4.70. The molecule has 0 fully saturated rings. The van der Waals surface area contributed by atoms with Gasteiger partial charge in [0.05, 0.1) is 17.5 Å². The first-order valence-electron chi connectivity index (χ1n) is 11.7. The van der Waals surface area contributed by atoms with Gasteiger partial charge in [0.1, 0.15) is 10.8 Å². The Labute approximate surface area is 235 Å². The van der Waals surface area contributed by atoms with Gasteiger partial charge in [-0.3, -0.25) is 4.79 Å². The fourth-order valence-electron chi connectivity index (χ4n) is 3.67. The van der Waals surface area contributed by atoms with Crippen molar-refractivity contribution < 1.29 is 27.1 Å². The van der Waals surface area contributed by atoms with E-state index >= 15 is 0 Å². The molecule has 40 heavy (non-hydrogen) atoms. The fraction of sp³-hybridized carbons (Fsp3) is 0.148. The third kappa shape index (κ3) is 6.35. The van der Waals surface area contributed by atoms with Crippen LogP contribution in [0.3, 0.4) is 0 Å². The first-order chi connectivity index (χ1) is 19.0. The summed E-state index contributed by atoms with van der Waals surface area (Å²) in [5, 5.41) is 7.60. The molecule has 3 aromatic rings. The summed E-state index contributed by atoms with van der Waals surface area (Å²) in [5.74, 6) is -2.30. The molecule has 0 saturated carbocycles. The molecule has 208 valence electrons. The van der Waals surface area contributed by atoms with Crippen molar-refractivity contribution in [1.29, 1.82) is 0 Å². The summed E-state index contributed by atoms with van der Waals surface area (Å²) in [7, 11) is 0. The Morgan fingerprint density at radius 2 is 2.10 bits per heavy atom. The maximum Gasteiger partial charge on any atom is 0.434 e. The molecular formula is C27H22ClF4N5O2S. The molecule has 13 heteroatoms. The summed E-state index contributed by atoms with van der Waals surface area (Å²) >= 11 is 7.02. The number of alkyl halides is 3. The molecule has 3 N–H and O–H groups in total. The quantitative estimate of drug-likeness (QED) is 0.162. The summed E-state index contributed by atoms with van der Waals surface area (Å²) in [6, 6.07) is 3.32. The number of anilines is 1. The van der Waals surface area contributed by atoms with Crippen molar-refractivity contribution in [3.05, 3.63) is 106 Å². The number of thiazole rings is 1. The van der Waals surface area contributed by atoms with Gasteiger partial charge in [0.25, 0.3) is 5.91 Å². The van der Waals surface area contributed by atoms with Crippen LogP contribution in [0.1, 0.15) is 41.5 Å². The number of halogens is 5. The Hall–Kier alpha value is -4.16. The van der Waals surface area contributed by atoms with E-state index in [2.05, 4.69) is 22.0 Å². The maximum absolute atomic E-state index is 14.8. The van der Waals surface area contributed by atoms with E-state index in [0.29, 0.717) is 10.4 Å². The molecule has 0 radical (unpaired) electrons. The number of rotatable bonds is 8. The van der Waals surface area contributed by atoms with E-state index in [1.807, 2.05) is 18.2 Å². The van der Waals surface area contributed by atoms with Gasteiger partial charge in [-0.2, -0.15) is 18.3 Å². The van der Waals surface area contributed by atoms with Gasteiger partial charge in [-0.05, 0) is 43.5 Å². The van der Waals surface area contributed by atoms with Crippen molar-refractivity contribution in [2.75, 3.05) is 5.32 Å². The second-order valence-corrected chi connectivity index (χ2v) is 9.59. The minimum Gasteiger partial charge on any atom is -0.453 e. The van der Waals surface area contributed by atoms with Crippen LogP contribution in [0, 0.1) is 5.82 Å². The standard InChI is InChI=1S/C27H22ClF4N5O2S/c1-3-7-22(23(28)15(2)33)39-21-11-10-17(12-19(21)29)35-25(38)18-13-34-37(24(18)27(30,31)32)26-36-20(14-40-26)16-8-5-4-6-9-16/h3,5,7-14H,2,4,6,33H2,1H3,(H,35,38)/b7-3-,23-22-. The van der Waals surface area contributed by atoms with Crippen molar-refractivity contribution in [1.82, 2.24) is 14.8 Å². The van der Waals surface area contributed by atoms with Crippen molar-refractivity contribution in [2.45, 2.75) is 25.9 Å². The highest BCUT2D eigenvalue weighted by atomic mass is 35.5. The molecule has 0 atom stereocenters. The van der Waals surface area contributed by atoms with Gasteiger partial charge < -0.3 is 15.8 Å². The maximum atomic E-state index is 14.8. The first kappa shape index (κ1) is 28.8. The van der Waals surface area contributed by atoms with Gasteiger partial charge in [0.15, 0.2) is 17.3 Å². The number of amides is 1. The lowest BCUT2D eigenvalue weighted by Gasteiger charge is -2.13. The lowest BCUT2D eigenvalue weighted by atomic mass is 10.1. The van der Waals surface area contributed by atoms with E-state index in [-0.39, 0.29) is 33.1 Å². The second kappa shape index (κ2) is 11.9. The van der Waals surface area contributed by atoms with Crippen LogP contribution in [0.25, 0.3) is 10.7 Å². The average molecular weight is 592 g/mol. The number of ether oxygens (including phenoxy) is 1. The number of carbonyl (C=O) groups excluding carboxylic acids is 1. The van der Waals surface area contributed by atoms with Crippen molar-refractivity contribution in [3.63, 3.8) is 0 Å². The van der Waals surface area contributed by atoms with Gasteiger partial charge >= 0.3 is 6.18 Å². The summed E-state index contributed by atoms with van der Waals surface area (Å²) in [6.45, 7) is 5.18. The molecule has 7 nitrogen and oxygen atoms in total. The predicted octanol–water partition coefficient (Wildman–Crippen LogP) is 7.35. The van der Waals surface area contributed by atoms with Gasteiger partial charge in [-0.15, -0.1) is 11.3 Å². The number of carbonyl (C=O) groups is 1. The van der Waals surface area contributed by atoms with Crippen LogP contribution >= 0.6 is 22.9 Å². The van der Waals surface area contributed by atoms with Crippen LogP contribution in [-0.2, 0) is 6.18 Å². The zero-order valence-electron chi connectivity index (χ0n) is 20.9. The van der Waals surface area contributed by atoms with Crippen molar-refractivity contribution in [2.24, 2.45) is 5.73 Å². The number of nitrogens with zero attached hydrogens (tertiary/aromatic N) is 3. The van der Waals surface area contributed by atoms with Crippen LogP contribution in [-0.4, -0.2) is 20.7 Å². The highest BCUT2D eigenvalue weighted by molar-refractivity contribution is 7.12. The Morgan fingerprint density at radius 3 is 2.73 bits per heavy atom. The molecular weight excluding hydrogens is 570 g/mol. The summed E-state index contributed by atoms with van der Waals surface area (Å²) in [6.07, 6.45) is 6.32. The molecule has 0 spiro atoms. The Morgan fingerprint density at radius 1 is 1.32 bits per heavy atom. The fourth-order valence-corrected chi connectivity index (χ4v) is 4.57. The first-order valence-corrected chi connectivity index (χ1v) is 13.0. The molecule has 1 amide bonds. The van der Waals surface area contributed by atoms with E-state index < -0.39 is 29.2 Å². The summed E-state index contributed by atoms with van der Waals surface area (Å²) < 4.78 is 63.2. The average Bonchev–Trinajstić information content (AvgIpc) is 3.57. The van der Waals surface area contributed by atoms with Crippen LogP contribution < -0.4 is 15.8 Å². The van der Waals surface area contributed by atoms with E-state index in [1.54, 1.807) is 18.4 Å². The third-order valence-corrected chi connectivity index (χ3v) is 6.72. The monoisotopic (exact) mass is 591 g/mol. The summed E-state index contributed by atoms with van der Waals surface area (Å²) in [4.78, 5) is 17.2. The molecule has 1 aliphatic carbocycles. The molecule has 0 unspecified atom stereocenters. The zero-order valence-corrected chi connectivity index (χ0v) is 22.5. The molecule has 2 aromatic heterocycles. The SMILES string of the molecule is C=C(N)/C(Cl)=C(\C=C/C)Oc1ccc(NC(=O)c2cnn(-c3nc(C4=CCCC=C4)cs3)c2C(F)(F)F)cc1F. The lowest BCUT2D eigenvalue weighted by Crippen LogP contribution is -2.20. The van der Waals surface area contributed by atoms with E-state index in [0.717, 1.165) is 42.0 Å². The van der Waals surface area contributed by atoms with Gasteiger partial charge in [-0.25, -0.2) is 14.1 Å². The Kier molecular flexibility index (Phi) is 8.60. The lowest BCUT2D eigenvalue weighted by molar-refractivity contribution is -0.143. The highest BCUT2D eigenvalue weighted by Crippen LogP contribution is 2.36. The Bertz CT molecular complexity index is 1580. The predicted molar refractivity (Wildman–Crippen MR) is 147 cm³/mol. The molecule has 1 aromatic carbocycles. The van der Waals surface area contributed by atoms with Crippen LogP contribution in [0.5, 0.6) is 5.75 Å². The molecule has 0 saturated heterocycles. The Balaban J connectivity index is 1.60. The number of allylic oxidation sites excluding steroid dienone is 7. The van der Waals surface area contributed by atoms with Crippen molar-refractivity contribution in [3.8, 4) is 10.9 Å². The topological polar surface area (TPSA) is 95.1 Å². The van der Waals surface area contributed by atoms with E-state index in [1.165, 1.54) is 18.2 Å². The normalized spacial score (nSPS) is 14.2. The molecule has 1 aliphatic rings. The van der Waals surface area contributed by atoms with Gasteiger partial charge in [0.2, 0.25) is 5.13 Å². The van der Waals surface area contributed by atoms with Crippen molar-refractivity contribution >= 4 is 40.1 Å². The highest BCUT2D eigenvalue weighted by Gasteiger charge is 2.41. The smallest absolute Gasteiger partial charge is 0.434 e. The number of hydrogen-bond acceptors (Lipinski definition) is 6. The zero-order chi connectivity index (χ0) is 29.0. The molecule has 0 bridgehead atoms. The second-order valence-electron chi connectivity index (χ2n) is 8.38. The number of hydrogen-bond donors (Lipinski definition) is 2. The molecule has 4 rings (SSSR count). The number of aromatic nitrogens is 3. The molecule has 2 heterocycles. The number of benzene rings is 1. The minimum atomic E-state index is -4.94. The van der Waals surface area contributed by atoms with Crippen LogP contribution in [0.4, 0.5) is 23.2 Å². The van der Waals surface area contributed by atoms with E-state index in [9.17, 15) is 22.4 Å². The van der Waals surface area contributed by atoms with Gasteiger partial charge in [-0.1, -0.05) is 42.5 Å². The minimum absolute atomic E-state index is 0.00282. The van der Waals surface area contributed by atoms with E-state index in [4.69, 9.17) is 22.1 Å². The largest absolute Gasteiger partial charge is 0.453 e. The number of nitrogens with one attached hydrogen (secondary N) is 1. The number of nitrogens with two attached hydrogens (primary N) is 1. The third-order valence-electron chi connectivity index (χ3n) is 5.47. The van der Waals surface area contributed by atoms with Crippen LogP contribution in [0.2, 0.25) is 0 Å². The molecule has 0 aliphatic heterocycles.